The van der Waals surface area contributed by atoms with Gasteiger partial charge >= 0.3 is 0 Å². The summed E-state index contributed by atoms with van der Waals surface area (Å²) in [4.78, 5) is 0. The predicted molar refractivity (Wildman–Crippen MR) is 86.6 cm³/mol. The van der Waals surface area contributed by atoms with Crippen molar-refractivity contribution in [1.82, 2.24) is 5.32 Å². The van der Waals surface area contributed by atoms with Crippen molar-refractivity contribution in [1.29, 1.82) is 0 Å². The van der Waals surface area contributed by atoms with Crippen LogP contribution in [0.4, 0.5) is 0 Å². The molecule has 0 spiro atoms. The van der Waals surface area contributed by atoms with Crippen molar-refractivity contribution in [3.05, 3.63) is 59.0 Å². The second-order valence-corrected chi connectivity index (χ2v) is 6.10. The van der Waals surface area contributed by atoms with Gasteiger partial charge in [0.1, 0.15) is 5.76 Å². The molecule has 2 unspecified atom stereocenters. The summed E-state index contributed by atoms with van der Waals surface area (Å²) in [5.74, 6) is 1.75. The smallest absolute Gasteiger partial charge is 0.123 e. The Bertz CT molecular complexity index is 587. The Balaban J connectivity index is 1.83. The van der Waals surface area contributed by atoms with E-state index in [1.807, 2.05) is 6.26 Å². The molecule has 1 heterocycles. The van der Waals surface area contributed by atoms with Gasteiger partial charge in [0.2, 0.25) is 0 Å². The Morgan fingerprint density at radius 2 is 2.14 bits per heavy atom. The van der Waals surface area contributed by atoms with E-state index in [-0.39, 0.29) is 0 Å². The molecule has 21 heavy (non-hydrogen) atoms. The summed E-state index contributed by atoms with van der Waals surface area (Å²) in [5.41, 5.74) is 4.35. The maximum absolute atomic E-state index is 5.75. The molecule has 2 nitrogen and oxygen atoms in total. The van der Waals surface area contributed by atoms with E-state index in [0.29, 0.717) is 12.0 Å². The van der Waals surface area contributed by atoms with Crippen LogP contribution in [-0.2, 0) is 6.42 Å². The van der Waals surface area contributed by atoms with E-state index in [4.69, 9.17) is 4.42 Å². The fourth-order valence-electron chi connectivity index (χ4n) is 3.65. The van der Waals surface area contributed by atoms with Crippen LogP contribution >= 0.6 is 0 Å². The summed E-state index contributed by atoms with van der Waals surface area (Å²) in [6.07, 6.45) is 6.76. The van der Waals surface area contributed by atoms with E-state index in [2.05, 4.69) is 49.5 Å². The van der Waals surface area contributed by atoms with Crippen molar-refractivity contribution >= 4 is 0 Å². The molecule has 3 rings (SSSR count). The third kappa shape index (κ3) is 3.06. The number of fused-ring (bicyclic) bond motifs is 1. The van der Waals surface area contributed by atoms with E-state index in [1.165, 1.54) is 24.8 Å². The molecule has 1 aliphatic rings. The molecular formula is C19H25NO. The number of hydrogen-bond donors (Lipinski definition) is 1. The fraction of sp³-hybridized carbons (Fsp3) is 0.474. The first-order chi connectivity index (χ1) is 10.3. The number of hydrogen-bond acceptors (Lipinski definition) is 2. The van der Waals surface area contributed by atoms with Crippen molar-refractivity contribution in [2.75, 3.05) is 6.54 Å². The monoisotopic (exact) mass is 283 g/mol. The second-order valence-electron chi connectivity index (χ2n) is 6.10. The van der Waals surface area contributed by atoms with Gasteiger partial charge in [-0.25, -0.2) is 0 Å². The van der Waals surface area contributed by atoms with E-state index >= 15 is 0 Å². The Morgan fingerprint density at radius 1 is 1.29 bits per heavy atom. The van der Waals surface area contributed by atoms with Crippen molar-refractivity contribution in [2.24, 2.45) is 0 Å². The number of furan rings is 1. The largest absolute Gasteiger partial charge is 0.467 e. The topological polar surface area (TPSA) is 25.2 Å². The third-order valence-corrected chi connectivity index (χ3v) is 4.68. The lowest BCUT2D eigenvalue weighted by Gasteiger charge is -2.29. The van der Waals surface area contributed by atoms with Crippen LogP contribution in [0.3, 0.4) is 0 Å². The second kappa shape index (κ2) is 6.48. The van der Waals surface area contributed by atoms with E-state index < -0.39 is 0 Å². The van der Waals surface area contributed by atoms with E-state index in [0.717, 1.165) is 18.7 Å². The van der Waals surface area contributed by atoms with Gasteiger partial charge in [0.25, 0.3) is 0 Å². The molecule has 0 fully saturated rings. The molecule has 112 valence electrons. The fourth-order valence-corrected chi connectivity index (χ4v) is 3.65. The van der Waals surface area contributed by atoms with Crippen LogP contribution in [0.25, 0.3) is 0 Å². The van der Waals surface area contributed by atoms with Crippen molar-refractivity contribution in [2.45, 2.75) is 51.5 Å². The van der Waals surface area contributed by atoms with Crippen LogP contribution < -0.4 is 5.32 Å². The molecule has 0 amide bonds. The Morgan fingerprint density at radius 3 is 2.90 bits per heavy atom. The molecule has 1 aromatic carbocycles. The van der Waals surface area contributed by atoms with Gasteiger partial charge in [-0.1, -0.05) is 31.2 Å². The summed E-state index contributed by atoms with van der Waals surface area (Å²) in [7, 11) is 0. The normalized spacial score (nSPS) is 19.2. The predicted octanol–water partition coefficient (Wildman–Crippen LogP) is 4.75. The zero-order chi connectivity index (χ0) is 14.7. The number of benzene rings is 1. The standard InChI is InChI=1S/C19H25NO/c1-3-20-18(19-14(2)11-12-21-19)13-16-9-6-8-15-7-4-5-10-17(15)16/h4-5,7,10-12,16,18,20H,3,6,8-9,13H2,1-2H3. The minimum absolute atomic E-state index is 0.321. The van der Waals surface area contributed by atoms with Gasteiger partial charge in [-0.05, 0) is 67.8 Å². The molecule has 1 N–H and O–H groups in total. The third-order valence-electron chi connectivity index (χ3n) is 4.68. The zero-order valence-electron chi connectivity index (χ0n) is 13.1. The van der Waals surface area contributed by atoms with Gasteiger partial charge in [-0.15, -0.1) is 0 Å². The van der Waals surface area contributed by atoms with Crippen LogP contribution in [-0.4, -0.2) is 6.54 Å². The van der Waals surface area contributed by atoms with Gasteiger partial charge in [0.05, 0.1) is 12.3 Å². The Kier molecular flexibility index (Phi) is 4.45. The molecule has 0 saturated heterocycles. The SMILES string of the molecule is CCNC(CC1CCCc2ccccc21)c1occc1C. The molecule has 2 heteroatoms. The van der Waals surface area contributed by atoms with Crippen LogP contribution in [0.2, 0.25) is 0 Å². The minimum Gasteiger partial charge on any atom is -0.467 e. The summed E-state index contributed by atoms with van der Waals surface area (Å²) in [6.45, 7) is 5.28. The number of aryl methyl sites for hydroxylation is 2. The van der Waals surface area contributed by atoms with Crippen LogP contribution in [0.1, 0.15) is 60.6 Å². The molecule has 0 bridgehead atoms. The average Bonchev–Trinajstić information content (AvgIpc) is 2.93. The molecule has 0 aliphatic heterocycles. The van der Waals surface area contributed by atoms with Crippen molar-refractivity contribution in [3.63, 3.8) is 0 Å². The maximum Gasteiger partial charge on any atom is 0.123 e. The van der Waals surface area contributed by atoms with Gasteiger partial charge in [0.15, 0.2) is 0 Å². The van der Waals surface area contributed by atoms with Gasteiger partial charge in [-0.2, -0.15) is 0 Å². The first-order valence-electron chi connectivity index (χ1n) is 8.14. The summed E-state index contributed by atoms with van der Waals surface area (Å²) in [5, 5.41) is 3.61. The van der Waals surface area contributed by atoms with Crippen LogP contribution in [0, 0.1) is 6.92 Å². The van der Waals surface area contributed by atoms with E-state index in [1.54, 1.807) is 11.1 Å². The van der Waals surface area contributed by atoms with Crippen LogP contribution in [0.15, 0.2) is 41.0 Å². The van der Waals surface area contributed by atoms with Crippen LogP contribution in [0.5, 0.6) is 0 Å². The zero-order valence-corrected chi connectivity index (χ0v) is 13.1. The molecule has 2 aromatic rings. The minimum atomic E-state index is 0.321. The first-order valence-corrected chi connectivity index (χ1v) is 8.14. The lowest BCUT2D eigenvalue weighted by atomic mass is 9.79. The quantitative estimate of drug-likeness (QED) is 0.856. The van der Waals surface area contributed by atoms with Gasteiger partial charge < -0.3 is 9.73 Å². The lowest BCUT2D eigenvalue weighted by Crippen LogP contribution is -2.24. The summed E-state index contributed by atoms with van der Waals surface area (Å²) < 4.78 is 5.75. The van der Waals surface area contributed by atoms with Crippen molar-refractivity contribution < 1.29 is 4.42 Å². The highest BCUT2D eigenvalue weighted by Gasteiger charge is 2.25. The molecular weight excluding hydrogens is 258 g/mol. The van der Waals surface area contributed by atoms with Gasteiger partial charge in [-0.3, -0.25) is 0 Å². The molecule has 1 aromatic heterocycles. The first kappa shape index (κ1) is 14.4. The average molecular weight is 283 g/mol. The molecule has 0 saturated carbocycles. The Hall–Kier alpha value is -1.54. The van der Waals surface area contributed by atoms with Crippen molar-refractivity contribution in [3.8, 4) is 0 Å². The van der Waals surface area contributed by atoms with E-state index in [9.17, 15) is 0 Å². The molecule has 1 aliphatic carbocycles. The maximum atomic E-state index is 5.75. The Labute approximate surface area is 127 Å². The van der Waals surface area contributed by atoms with Gasteiger partial charge in [0, 0.05) is 0 Å². The highest BCUT2D eigenvalue weighted by molar-refractivity contribution is 5.33. The summed E-state index contributed by atoms with van der Waals surface area (Å²) >= 11 is 0. The number of rotatable bonds is 5. The highest BCUT2D eigenvalue weighted by atomic mass is 16.3. The molecule has 2 atom stereocenters. The highest BCUT2D eigenvalue weighted by Crippen LogP contribution is 2.38. The molecule has 0 radical (unpaired) electrons. The summed E-state index contributed by atoms with van der Waals surface area (Å²) in [6, 6.07) is 11.3. The number of nitrogens with one attached hydrogen (secondary N) is 1. The lowest BCUT2D eigenvalue weighted by molar-refractivity contribution is 0.362.